The maximum atomic E-state index is 5.90. The van der Waals surface area contributed by atoms with E-state index >= 15 is 0 Å². The first-order chi connectivity index (χ1) is 6.70. The molecule has 4 nitrogen and oxygen atoms in total. The molecule has 72 valence electrons. The van der Waals surface area contributed by atoms with E-state index in [1.54, 1.807) is 10.9 Å². The number of hydrogen-bond donors (Lipinski definition) is 1. The Labute approximate surface area is 82.4 Å². The molecule has 2 N–H and O–H groups in total. The highest BCUT2D eigenvalue weighted by Crippen LogP contribution is 2.26. The lowest BCUT2D eigenvalue weighted by atomic mass is 10.1. The van der Waals surface area contributed by atoms with Crippen molar-refractivity contribution in [2.24, 2.45) is 7.05 Å². The van der Waals surface area contributed by atoms with Crippen LogP contribution in [0.4, 0.5) is 5.82 Å². The molecule has 0 bridgehead atoms. The van der Waals surface area contributed by atoms with Gasteiger partial charge in [0.25, 0.3) is 0 Å². The van der Waals surface area contributed by atoms with E-state index in [2.05, 4.69) is 10.1 Å². The van der Waals surface area contributed by atoms with Gasteiger partial charge >= 0.3 is 0 Å². The number of pyridine rings is 1. The quantitative estimate of drug-likeness (QED) is 0.735. The highest BCUT2D eigenvalue weighted by atomic mass is 15.3. The Bertz CT molecular complexity index is 445. The van der Waals surface area contributed by atoms with Crippen LogP contribution in [0.2, 0.25) is 0 Å². The molecule has 0 spiro atoms. The lowest BCUT2D eigenvalue weighted by molar-refractivity contribution is 0.767. The molecule has 0 aliphatic rings. The van der Waals surface area contributed by atoms with Crippen molar-refractivity contribution < 1.29 is 0 Å². The third kappa shape index (κ3) is 1.25. The third-order valence-electron chi connectivity index (χ3n) is 2.19. The fourth-order valence-electron chi connectivity index (χ4n) is 1.50. The van der Waals surface area contributed by atoms with Gasteiger partial charge in [0.05, 0.1) is 17.0 Å². The zero-order valence-corrected chi connectivity index (χ0v) is 8.23. The number of aryl methyl sites for hydroxylation is 2. The standard InChI is InChI=1S/C10H12N4/c1-7-9(10(11)14(2)13-7)8-5-3-4-6-12-8/h3-6H,11H2,1-2H3. The molecular formula is C10H12N4. The highest BCUT2D eigenvalue weighted by molar-refractivity contribution is 5.73. The van der Waals surface area contributed by atoms with Crippen molar-refractivity contribution in [3.63, 3.8) is 0 Å². The van der Waals surface area contributed by atoms with E-state index < -0.39 is 0 Å². The lowest BCUT2D eigenvalue weighted by Crippen LogP contribution is -1.98. The van der Waals surface area contributed by atoms with E-state index in [-0.39, 0.29) is 0 Å². The predicted molar refractivity (Wildman–Crippen MR) is 55.6 cm³/mol. The van der Waals surface area contributed by atoms with Gasteiger partial charge in [-0.25, -0.2) is 0 Å². The Morgan fingerprint density at radius 2 is 2.14 bits per heavy atom. The van der Waals surface area contributed by atoms with E-state index in [0.29, 0.717) is 5.82 Å². The Hall–Kier alpha value is -1.84. The SMILES string of the molecule is Cc1nn(C)c(N)c1-c1ccccn1. The molecule has 14 heavy (non-hydrogen) atoms. The zero-order chi connectivity index (χ0) is 10.1. The fraction of sp³-hybridized carbons (Fsp3) is 0.200. The second-order valence-corrected chi connectivity index (χ2v) is 3.18. The zero-order valence-electron chi connectivity index (χ0n) is 8.23. The van der Waals surface area contributed by atoms with Crippen LogP contribution in [0.5, 0.6) is 0 Å². The van der Waals surface area contributed by atoms with E-state index in [0.717, 1.165) is 17.0 Å². The minimum absolute atomic E-state index is 0.654. The molecule has 0 radical (unpaired) electrons. The van der Waals surface area contributed by atoms with Crippen molar-refractivity contribution in [3.8, 4) is 11.3 Å². The van der Waals surface area contributed by atoms with Crippen molar-refractivity contribution in [3.05, 3.63) is 30.1 Å². The summed E-state index contributed by atoms with van der Waals surface area (Å²) in [5.41, 5.74) is 8.60. The van der Waals surface area contributed by atoms with Crippen LogP contribution < -0.4 is 5.73 Å². The Morgan fingerprint density at radius 1 is 1.36 bits per heavy atom. The fourth-order valence-corrected chi connectivity index (χ4v) is 1.50. The topological polar surface area (TPSA) is 56.7 Å². The van der Waals surface area contributed by atoms with Crippen molar-refractivity contribution in [2.75, 3.05) is 5.73 Å². The largest absolute Gasteiger partial charge is 0.383 e. The van der Waals surface area contributed by atoms with Crippen molar-refractivity contribution in [2.45, 2.75) is 6.92 Å². The third-order valence-corrected chi connectivity index (χ3v) is 2.19. The van der Waals surface area contributed by atoms with Gasteiger partial charge in [-0.1, -0.05) is 6.07 Å². The number of anilines is 1. The molecule has 0 aromatic carbocycles. The summed E-state index contributed by atoms with van der Waals surface area (Å²) < 4.78 is 1.67. The van der Waals surface area contributed by atoms with Crippen molar-refractivity contribution in [1.29, 1.82) is 0 Å². The van der Waals surface area contributed by atoms with Crippen LogP contribution in [0.15, 0.2) is 24.4 Å². The summed E-state index contributed by atoms with van der Waals surface area (Å²) in [4.78, 5) is 4.25. The second-order valence-electron chi connectivity index (χ2n) is 3.18. The highest BCUT2D eigenvalue weighted by Gasteiger charge is 2.12. The second kappa shape index (κ2) is 3.14. The predicted octanol–water partition coefficient (Wildman–Crippen LogP) is 1.37. The summed E-state index contributed by atoms with van der Waals surface area (Å²) in [6.07, 6.45) is 1.75. The lowest BCUT2D eigenvalue weighted by Gasteiger charge is -1.99. The number of rotatable bonds is 1. The van der Waals surface area contributed by atoms with Gasteiger partial charge in [-0.15, -0.1) is 0 Å². The number of nitrogen functional groups attached to an aromatic ring is 1. The van der Waals surface area contributed by atoms with Gasteiger partial charge in [0.15, 0.2) is 0 Å². The number of nitrogens with two attached hydrogens (primary N) is 1. The number of aromatic nitrogens is 3. The molecule has 0 aliphatic heterocycles. The molecule has 0 atom stereocenters. The minimum atomic E-state index is 0.654. The Balaban J connectivity index is 2.62. The first-order valence-corrected chi connectivity index (χ1v) is 4.40. The maximum Gasteiger partial charge on any atom is 0.131 e. The summed E-state index contributed by atoms with van der Waals surface area (Å²) in [6, 6.07) is 5.75. The molecule has 0 saturated carbocycles. The van der Waals surface area contributed by atoms with Gasteiger partial charge < -0.3 is 5.73 Å². The van der Waals surface area contributed by atoms with Crippen molar-refractivity contribution >= 4 is 5.82 Å². The summed E-state index contributed by atoms with van der Waals surface area (Å²) in [5.74, 6) is 0.654. The summed E-state index contributed by atoms with van der Waals surface area (Å²) >= 11 is 0. The Kier molecular flexibility index (Phi) is 1.96. The molecule has 0 aliphatic carbocycles. The average molecular weight is 188 g/mol. The molecule has 4 heteroatoms. The van der Waals surface area contributed by atoms with Gasteiger partial charge in [0.2, 0.25) is 0 Å². The van der Waals surface area contributed by atoms with Crippen molar-refractivity contribution in [1.82, 2.24) is 14.8 Å². The molecule has 2 aromatic heterocycles. The molecule has 0 saturated heterocycles. The van der Waals surface area contributed by atoms with Crippen LogP contribution >= 0.6 is 0 Å². The van der Waals surface area contributed by atoms with Crippen LogP contribution in [0.1, 0.15) is 5.69 Å². The smallest absolute Gasteiger partial charge is 0.131 e. The van der Waals surface area contributed by atoms with Crippen LogP contribution in [0.3, 0.4) is 0 Å². The number of hydrogen-bond acceptors (Lipinski definition) is 3. The first kappa shape index (κ1) is 8.74. The molecule has 2 rings (SSSR count). The summed E-state index contributed by atoms with van der Waals surface area (Å²) in [6.45, 7) is 1.93. The van der Waals surface area contributed by atoms with Crippen LogP contribution in [0.25, 0.3) is 11.3 Å². The van der Waals surface area contributed by atoms with Gasteiger partial charge in [-0.3, -0.25) is 9.67 Å². The molecule has 0 unspecified atom stereocenters. The molecular weight excluding hydrogens is 176 g/mol. The normalized spacial score (nSPS) is 10.4. The Morgan fingerprint density at radius 3 is 2.64 bits per heavy atom. The van der Waals surface area contributed by atoms with Gasteiger partial charge in [-0.05, 0) is 19.1 Å². The summed E-state index contributed by atoms with van der Waals surface area (Å²) in [5, 5.41) is 4.24. The van der Waals surface area contributed by atoms with E-state index in [9.17, 15) is 0 Å². The molecule has 2 heterocycles. The van der Waals surface area contributed by atoms with E-state index in [4.69, 9.17) is 5.73 Å². The van der Waals surface area contributed by atoms with Crippen LogP contribution in [-0.2, 0) is 7.05 Å². The molecule has 2 aromatic rings. The number of nitrogens with zero attached hydrogens (tertiary/aromatic N) is 3. The maximum absolute atomic E-state index is 5.90. The van der Waals surface area contributed by atoms with E-state index in [1.165, 1.54) is 0 Å². The van der Waals surface area contributed by atoms with Gasteiger partial charge in [-0.2, -0.15) is 5.10 Å². The molecule has 0 fully saturated rings. The monoisotopic (exact) mass is 188 g/mol. The average Bonchev–Trinajstić information content (AvgIpc) is 2.43. The summed E-state index contributed by atoms with van der Waals surface area (Å²) in [7, 11) is 1.83. The van der Waals surface area contributed by atoms with Crippen LogP contribution in [-0.4, -0.2) is 14.8 Å². The van der Waals surface area contributed by atoms with Gasteiger partial charge in [0, 0.05) is 13.2 Å². The molecule has 0 amide bonds. The van der Waals surface area contributed by atoms with E-state index in [1.807, 2.05) is 32.2 Å². The van der Waals surface area contributed by atoms with Crippen LogP contribution in [0, 0.1) is 6.92 Å². The first-order valence-electron chi connectivity index (χ1n) is 4.40. The van der Waals surface area contributed by atoms with Gasteiger partial charge in [0.1, 0.15) is 5.82 Å². The minimum Gasteiger partial charge on any atom is -0.383 e.